The van der Waals surface area contributed by atoms with Crippen LogP contribution in [0, 0.1) is 5.92 Å². The molecule has 15 heavy (non-hydrogen) atoms. The van der Waals surface area contributed by atoms with Crippen LogP contribution in [0.4, 0.5) is 0 Å². The fourth-order valence-electron chi connectivity index (χ4n) is 0.988. The van der Waals surface area contributed by atoms with Gasteiger partial charge in [-0.25, -0.2) is 13.4 Å². The van der Waals surface area contributed by atoms with Crippen LogP contribution in [-0.2, 0) is 14.6 Å². The minimum Gasteiger partial charge on any atom is -0.369 e. The molecule has 0 aliphatic rings. The van der Waals surface area contributed by atoms with Crippen molar-refractivity contribution in [1.82, 2.24) is 4.98 Å². The van der Waals surface area contributed by atoms with Crippen molar-refractivity contribution in [1.29, 1.82) is 0 Å². The average molecular weight is 227 g/mol. The maximum Gasteiger partial charge on any atom is 0.229 e. The molecule has 0 aliphatic heterocycles. The highest BCUT2D eigenvalue weighted by Crippen LogP contribution is 2.15. The highest BCUT2D eigenvalue weighted by Gasteiger charge is 2.16. The standard InChI is InChI=1S/C9H11N2O3S/c1-6(9(10)12)7-3-4-11-8(5-7)15(2,13)14/h3-5H,1-2H3,(H2,10,12). The van der Waals surface area contributed by atoms with Crippen molar-refractivity contribution in [3.8, 4) is 0 Å². The summed E-state index contributed by atoms with van der Waals surface area (Å²) in [6.45, 7) is 1.53. The predicted octanol–water partition coefficient (Wildman–Crippen LogP) is -0.0871. The molecule has 5 nitrogen and oxygen atoms in total. The topological polar surface area (TPSA) is 90.1 Å². The largest absolute Gasteiger partial charge is 0.369 e. The van der Waals surface area contributed by atoms with Gasteiger partial charge in [0.1, 0.15) is 0 Å². The molecule has 1 aromatic heterocycles. The summed E-state index contributed by atoms with van der Waals surface area (Å²) in [6.07, 6.45) is 2.39. The van der Waals surface area contributed by atoms with E-state index in [0.717, 1.165) is 6.26 Å². The third-order valence-corrected chi connectivity index (χ3v) is 2.90. The van der Waals surface area contributed by atoms with E-state index < -0.39 is 15.7 Å². The number of hydrogen-bond acceptors (Lipinski definition) is 4. The molecule has 2 N–H and O–H groups in total. The van der Waals surface area contributed by atoms with Crippen LogP contribution in [0.2, 0.25) is 0 Å². The molecule has 6 heteroatoms. The second-order valence-corrected chi connectivity index (χ2v) is 5.11. The van der Waals surface area contributed by atoms with E-state index in [2.05, 4.69) is 4.98 Å². The number of amides is 1. The molecule has 0 aromatic carbocycles. The molecule has 0 atom stereocenters. The average Bonchev–Trinajstić information content (AvgIpc) is 2.15. The van der Waals surface area contributed by atoms with Crippen molar-refractivity contribution in [2.24, 2.45) is 5.73 Å². The molecule has 0 saturated heterocycles. The lowest BCUT2D eigenvalue weighted by molar-refractivity contribution is -0.115. The van der Waals surface area contributed by atoms with Gasteiger partial charge in [0.25, 0.3) is 0 Å². The number of primary amides is 1. The highest BCUT2D eigenvalue weighted by atomic mass is 32.2. The molecule has 1 radical (unpaired) electrons. The van der Waals surface area contributed by atoms with Gasteiger partial charge in [0.05, 0.1) is 5.92 Å². The Bertz CT molecular complexity index is 482. The van der Waals surface area contributed by atoms with E-state index in [1.807, 2.05) is 0 Å². The lowest BCUT2D eigenvalue weighted by Crippen LogP contribution is -2.19. The molecule has 0 bridgehead atoms. The van der Waals surface area contributed by atoms with E-state index in [-0.39, 0.29) is 5.03 Å². The number of carbonyl (C=O) groups excluding carboxylic acids is 1. The monoisotopic (exact) mass is 227 g/mol. The molecule has 1 rings (SSSR count). The van der Waals surface area contributed by atoms with Crippen LogP contribution in [0.5, 0.6) is 0 Å². The minimum absolute atomic E-state index is 0.0689. The van der Waals surface area contributed by atoms with Gasteiger partial charge in [0, 0.05) is 12.5 Å². The predicted molar refractivity (Wildman–Crippen MR) is 54.6 cm³/mol. The molecular weight excluding hydrogens is 216 g/mol. The number of nitrogens with zero attached hydrogens (tertiary/aromatic N) is 1. The zero-order chi connectivity index (χ0) is 11.6. The molecule has 0 aliphatic carbocycles. The van der Waals surface area contributed by atoms with Crippen molar-refractivity contribution in [3.05, 3.63) is 29.8 Å². The summed E-state index contributed by atoms with van der Waals surface area (Å²) in [7, 11) is -3.36. The van der Waals surface area contributed by atoms with Gasteiger partial charge in [-0.2, -0.15) is 0 Å². The summed E-state index contributed by atoms with van der Waals surface area (Å²) in [5.74, 6) is -0.275. The van der Waals surface area contributed by atoms with Crippen molar-refractivity contribution in [2.45, 2.75) is 11.9 Å². The summed E-state index contributed by atoms with van der Waals surface area (Å²) in [5, 5.41) is -0.0689. The Morgan fingerprint density at radius 3 is 2.53 bits per heavy atom. The fourth-order valence-corrected chi connectivity index (χ4v) is 1.58. The molecule has 0 spiro atoms. The van der Waals surface area contributed by atoms with Crippen LogP contribution < -0.4 is 5.73 Å². The van der Waals surface area contributed by atoms with E-state index in [1.165, 1.54) is 25.3 Å². The van der Waals surface area contributed by atoms with Gasteiger partial charge >= 0.3 is 0 Å². The van der Waals surface area contributed by atoms with Crippen molar-refractivity contribution in [2.75, 3.05) is 6.26 Å². The Kier molecular flexibility index (Phi) is 3.09. The Hall–Kier alpha value is -1.43. The first kappa shape index (κ1) is 11.6. The molecule has 0 saturated carbocycles. The number of rotatable bonds is 3. The van der Waals surface area contributed by atoms with E-state index >= 15 is 0 Å². The van der Waals surface area contributed by atoms with Gasteiger partial charge < -0.3 is 5.73 Å². The summed E-state index contributed by atoms with van der Waals surface area (Å²) in [6, 6.07) is 2.87. The van der Waals surface area contributed by atoms with Gasteiger partial charge in [0.15, 0.2) is 14.9 Å². The first-order valence-corrected chi connectivity index (χ1v) is 6.01. The Labute approximate surface area is 88.2 Å². The summed E-state index contributed by atoms with van der Waals surface area (Å²) >= 11 is 0. The maximum absolute atomic E-state index is 11.2. The second-order valence-electron chi connectivity index (χ2n) is 3.14. The Morgan fingerprint density at radius 2 is 2.07 bits per heavy atom. The van der Waals surface area contributed by atoms with Crippen molar-refractivity contribution < 1.29 is 13.2 Å². The van der Waals surface area contributed by atoms with Gasteiger partial charge in [-0.3, -0.25) is 4.79 Å². The zero-order valence-electron chi connectivity index (χ0n) is 8.39. The molecule has 81 valence electrons. The van der Waals surface area contributed by atoms with Crippen LogP contribution >= 0.6 is 0 Å². The van der Waals surface area contributed by atoms with Crippen molar-refractivity contribution >= 4 is 15.7 Å². The lowest BCUT2D eigenvalue weighted by atomic mass is 10.0. The van der Waals surface area contributed by atoms with Crippen molar-refractivity contribution in [3.63, 3.8) is 0 Å². The molecule has 0 unspecified atom stereocenters. The molecule has 1 heterocycles. The van der Waals surface area contributed by atoms with E-state index in [1.54, 1.807) is 0 Å². The summed E-state index contributed by atoms with van der Waals surface area (Å²) < 4.78 is 22.4. The number of pyridine rings is 1. The van der Waals surface area contributed by atoms with E-state index in [0.29, 0.717) is 11.5 Å². The number of nitrogens with two attached hydrogens (primary N) is 1. The number of aromatic nitrogens is 1. The van der Waals surface area contributed by atoms with E-state index in [9.17, 15) is 13.2 Å². The molecular formula is C9H11N2O3S. The third-order valence-electron chi connectivity index (χ3n) is 1.92. The summed E-state index contributed by atoms with van der Waals surface area (Å²) in [4.78, 5) is 14.6. The van der Waals surface area contributed by atoms with E-state index in [4.69, 9.17) is 5.73 Å². The number of sulfone groups is 1. The van der Waals surface area contributed by atoms with Crippen LogP contribution in [0.15, 0.2) is 23.4 Å². The van der Waals surface area contributed by atoms with Crippen LogP contribution in [0.1, 0.15) is 12.5 Å². The fraction of sp³-hybridized carbons (Fsp3) is 0.222. The Morgan fingerprint density at radius 1 is 1.47 bits per heavy atom. The molecule has 1 amide bonds. The zero-order valence-corrected chi connectivity index (χ0v) is 9.21. The lowest BCUT2D eigenvalue weighted by Gasteiger charge is -2.07. The van der Waals surface area contributed by atoms with Gasteiger partial charge in [0.2, 0.25) is 5.91 Å². The molecule has 1 aromatic rings. The molecule has 0 fully saturated rings. The third kappa shape index (κ3) is 2.76. The van der Waals surface area contributed by atoms with Crippen LogP contribution in [-0.4, -0.2) is 25.6 Å². The Balaban J connectivity index is 3.20. The quantitative estimate of drug-likeness (QED) is 0.781. The number of carbonyl (C=O) groups is 1. The normalized spacial score (nSPS) is 11.7. The van der Waals surface area contributed by atoms with Gasteiger partial charge in [-0.1, -0.05) is 0 Å². The smallest absolute Gasteiger partial charge is 0.229 e. The first-order chi connectivity index (χ1) is 6.82. The van der Waals surface area contributed by atoms with Gasteiger partial charge in [-0.05, 0) is 24.6 Å². The van der Waals surface area contributed by atoms with Crippen LogP contribution in [0.3, 0.4) is 0 Å². The maximum atomic E-state index is 11.2. The SMILES string of the molecule is C[C](C(N)=O)c1ccnc(S(C)(=O)=O)c1. The second kappa shape index (κ2) is 3.98. The highest BCUT2D eigenvalue weighted by molar-refractivity contribution is 7.90. The van der Waals surface area contributed by atoms with Gasteiger partial charge in [-0.15, -0.1) is 0 Å². The minimum atomic E-state index is -3.36. The summed E-state index contributed by atoms with van der Waals surface area (Å²) in [5.41, 5.74) is 5.55. The number of hydrogen-bond donors (Lipinski definition) is 1. The van der Waals surface area contributed by atoms with Crippen LogP contribution in [0.25, 0.3) is 0 Å². The first-order valence-electron chi connectivity index (χ1n) is 4.12.